The van der Waals surface area contributed by atoms with Gasteiger partial charge in [0.05, 0.1) is 18.5 Å². The minimum atomic E-state index is -0.334. The van der Waals surface area contributed by atoms with Gasteiger partial charge in [-0.2, -0.15) is 0 Å². The third-order valence-corrected chi connectivity index (χ3v) is 2.51. The monoisotopic (exact) mass is 231 g/mol. The Morgan fingerprint density at radius 3 is 3.06 bits per heavy atom. The van der Waals surface area contributed by atoms with Crippen LogP contribution in [0.1, 0.15) is 0 Å². The highest BCUT2D eigenvalue weighted by Gasteiger charge is 2.06. The van der Waals surface area contributed by atoms with Gasteiger partial charge in [0.2, 0.25) is 0 Å². The number of nitrogens with zero attached hydrogens (tertiary/aromatic N) is 1. The molecular formula is C12H13N3O2. The predicted molar refractivity (Wildman–Crippen MR) is 66.7 cm³/mol. The van der Waals surface area contributed by atoms with Gasteiger partial charge in [0.1, 0.15) is 6.54 Å². The van der Waals surface area contributed by atoms with Gasteiger partial charge in [-0.3, -0.25) is 9.78 Å². The van der Waals surface area contributed by atoms with E-state index in [1.807, 2.05) is 18.2 Å². The minimum Gasteiger partial charge on any atom is -0.468 e. The summed E-state index contributed by atoms with van der Waals surface area (Å²) in [5.41, 5.74) is 7.33. The van der Waals surface area contributed by atoms with E-state index in [-0.39, 0.29) is 12.5 Å². The second-order valence-electron chi connectivity index (χ2n) is 3.55. The molecule has 1 aromatic carbocycles. The molecule has 0 fully saturated rings. The van der Waals surface area contributed by atoms with Crippen LogP contribution in [0.2, 0.25) is 0 Å². The zero-order chi connectivity index (χ0) is 12.3. The molecule has 1 heterocycles. The van der Waals surface area contributed by atoms with Gasteiger partial charge in [0, 0.05) is 23.2 Å². The molecule has 2 aromatic rings. The van der Waals surface area contributed by atoms with E-state index in [4.69, 9.17) is 5.73 Å². The van der Waals surface area contributed by atoms with Gasteiger partial charge >= 0.3 is 5.97 Å². The van der Waals surface area contributed by atoms with Crippen LogP contribution < -0.4 is 11.1 Å². The van der Waals surface area contributed by atoms with E-state index in [9.17, 15) is 4.79 Å². The first-order chi connectivity index (χ1) is 8.22. The quantitative estimate of drug-likeness (QED) is 0.616. The summed E-state index contributed by atoms with van der Waals surface area (Å²) in [6.07, 6.45) is 3.43. The van der Waals surface area contributed by atoms with Crippen LogP contribution in [0.3, 0.4) is 0 Å². The normalized spacial score (nSPS) is 10.2. The van der Waals surface area contributed by atoms with Gasteiger partial charge in [-0.25, -0.2) is 0 Å². The molecule has 0 saturated carbocycles. The maximum absolute atomic E-state index is 11.0. The number of aromatic nitrogens is 1. The summed E-state index contributed by atoms with van der Waals surface area (Å²) < 4.78 is 4.55. The Balaban J connectivity index is 2.29. The average molecular weight is 231 g/mol. The van der Waals surface area contributed by atoms with Crippen molar-refractivity contribution in [3.63, 3.8) is 0 Å². The number of hydrogen-bond donors (Lipinski definition) is 2. The fourth-order valence-corrected chi connectivity index (χ4v) is 1.59. The van der Waals surface area contributed by atoms with E-state index in [1.165, 1.54) is 7.11 Å². The molecule has 0 saturated heterocycles. The molecule has 5 heteroatoms. The Morgan fingerprint density at radius 1 is 1.47 bits per heavy atom. The number of carbonyl (C=O) groups excluding carboxylic acids is 1. The molecule has 2 rings (SSSR count). The standard InChI is InChI=1S/C12H13N3O2/c1-17-11(16)7-15-10-3-2-8-6-14-5-4-9(8)12(10)13/h2-6,15H,7,13H2,1H3. The lowest BCUT2D eigenvalue weighted by Crippen LogP contribution is -2.15. The van der Waals surface area contributed by atoms with Crippen molar-refractivity contribution in [2.45, 2.75) is 0 Å². The number of hydrogen-bond acceptors (Lipinski definition) is 5. The van der Waals surface area contributed by atoms with Crippen molar-refractivity contribution in [2.75, 3.05) is 24.7 Å². The van der Waals surface area contributed by atoms with E-state index in [1.54, 1.807) is 12.4 Å². The Bertz CT molecular complexity index is 554. The number of rotatable bonds is 3. The van der Waals surface area contributed by atoms with Crippen LogP contribution >= 0.6 is 0 Å². The molecule has 5 nitrogen and oxygen atoms in total. The number of benzene rings is 1. The predicted octanol–water partition coefficient (Wildman–Crippen LogP) is 1.40. The van der Waals surface area contributed by atoms with Crippen LogP contribution in [0.25, 0.3) is 10.8 Å². The summed E-state index contributed by atoms with van der Waals surface area (Å²) in [6, 6.07) is 5.56. The van der Waals surface area contributed by atoms with E-state index in [2.05, 4.69) is 15.0 Å². The summed E-state index contributed by atoms with van der Waals surface area (Å²) in [5, 5.41) is 4.81. The fourth-order valence-electron chi connectivity index (χ4n) is 1.59. The highest BCUT2D eigenvalue weighted by atomic mass is 16.5. The SMILES string of the molecule is COC(=O)CNc1ccc2cnccc2c1N. The number of pyridine rings is 1. The van der Waals surface area contributed by atoms with Crippen LogP contribution in [0.5, 0.6) is 0 Å². The second kappa shape index (κ2) is 4.69. The van der Waals surface area contributed by atoms with Crippen molar-refractivity contribution in [1.82, 2.24) is 4.98 Å². The number of nitrogens with two attached hydrogens (primary N) is 1. The van der Waals surface area contributed by atoms with Crippen LogP contribution in [-0.2, 0) is 9.53 Å². The molecule has 0 bridgehead atoms. The first-order valence-electron chi connectivity index (χ1n) is 5.15. The number of anilines is 2. The number of nitrogens with one attached hydrogen (secondary N) is 1. The first kappa shape index (κ1) is 11.2. The smallest absolute Gasteiger partial charge is 0.325 e. The molecule has 0 atom stereocenters. The number of esters is 1. The van der Waals surface area contributed by atoms with Crippen molar-refractivity contribution in [1.29, 1.82) is 0 Å². The number of fused-ring (bicyclic) bond motifs is 1. The molecule has 0 aliphatic carbocycles. The second-order valence-corrected chi connectivity index (χ2v) is 3.55. The molecule has 0 aliphatic rings. The van der Waals surface area contributed by atoms with Gasteiger partial charge in [0.15, 0.2) is 0 Å². The van der Waals surface area contributed by atoms with Gasteiger partial charge in [-0.15, -0.1) is 0 Å². The van der Waals surface area contributed by atoms with Gasteiger partial charge in [-0.05, 0) is 12.1 Å². The van der Waals surface area contributed by atoms with Crippen molar-refractivity contribution >= 4 is 28.1 Å². The lowest BCUT2D eigenvalue weighted by atomic mass is 10.1. The molecule has 1 aromatic heterocycles. The fraction of sp³-hybridized carbons (Fsp3) is 0.167. The van der Waals surface area contributed by atoms with Gasteiger partial charge in [0.25, 0.3) is 0 Å². The summed E-state index contributed by atoms with van der Waals surface area (Å²) >= 11 is 0. The molecule has 0 spiro atoms. The van der Waals surface area contributed by atoms with Crippen LogP contribution in [0.15, 0.2) is 30.6 Å². The third kappa shape index (κ3) is 2.28. The van der Waals surface area contributed by atoms with Crippen LogP contribution in [0.4, 0.5) is 11.4 Å². The Labute approximate surface area is 98.6 Å². The Hall–Kier alpha value is -2.30. The van der Waals surface area contributed by atoms with Crippen molar-refractivity contribution in [3.05, 3.63) is 30.6 Å². The molecular weight excluding hydrogens is 218 g/mol. The Kier molecular flexibility index (Phi) is 3.09. The van der Waals surface area contributed by atoms with Crippen molar-refractivity contribution < 1.29 is 9.53 Å². The zero-order valence-corrected chi connectivity index (χ0v) is 9.43. The van der Waals surface area contributed by atoms with Crippen LogP contribution in [-0.4, -0.2) is 24.6 Å². The van der Waals surface area contributed by atoms with E-state index < -0.39 is 0 Å². The topological polar surface area (TPSA) is 77.2 Å². The van der Waals surface area contributed by atoms with Gasteiger partial charge in [-0.1, -0.05) is 6.07 Å². The summed E-state index contributed by atoms with van der Waals surface area (Å²) in [7, 11) is 1.35. The van der Waals surface area contributed by atoms with E-state index >= 15 is 0 Å². The molecule has 17 heavy (non-hydrogen) atoms. The molecule has 3 N–H and O–H groups in total. The van der Waals surface area contributed by atoms with E-state index in [0.29, 0.717) is 11.4 Å². The average Bonchev–Trinajstić information content (AvgIpc) is 2.38. The molecule has 0 aliphatic heterocycles. The highest BCUT2D eigenvalue weighted by Crippen LogP contribution is 2.27. The zero-order valence-electron chi connectivity index (χ0n) is 9.43. The highest BCUT2D eigenvalue weighted by molar-refractivity contribution is 5.98. The molecule has 88 valence electrons. The summed E-state index contributed by atoms with van der Waals surface area (Å²) in [6.45, 7) is 0.0945. The third-order valence-electron chi connectivity index (χ3n) is 2.51. The van der Waals surface area contributed by atoms with Crippen LogP contribution in [0, 0.1) is 0 Å². The lowest BCUT2D eigenvalue weighted by molar-refractivity contribution is -0.138. The van der Waals surface area contributed by atoms with Gasteiger partial charge < -0.3 is 15.8 Å². The summed E-state index contributed by atoms with van der Waals surface area (Å²) in [4.78, 5) is 15.0. The van der Waals surface area contributed by atoms with Crippen molar-refractivity contribution in [3.8, 4) is 0 Å². The maximum atomic E-state index is 11.0. The lowest BCUT2D eigenvalue weighted by Gasteiger charge is -2.10. The largest absolute Gasteiger partial charge is 0.468 e. The molecule has 0 amide bonds. The minimum absolute atomic E-state index is 0.0945. The maximum Gasteiger partial charge on any atom is 0.325 e. The Morgan fingerprint density at radius 2 is 2.29 bits per heavy atom. The first-order valence-corrected chi connectivity index (χ1v) is 5.15. The van der Waals surface area contributed by atoms with E-state index in [0.717, 1.165) is 10.8 Å². The number of nitrogen functional groups attached to an aromatic ring is 1. The molecule has 0 radical (unpaired) electrons. The number of ether oxygens (including phenoxy) is 1. The number of carbonyl (C=O) groups is 1. The number of methoxy groups -OCH3 is 1. The summed E-state index contributed by atoms with van der Waals surface area (Å²) in [5.74, 6) is -0.334. The van der Waals surface area contributed by atoms with Crippen molar-refractivity contribution in [2.24, 2.45) is 0 Å². The molecule has 0 unspecified atom stereocenters.